The van der Waals surface area contributed by atoms with Gasteiger partial charge in [-0.3, -0.25) is 0 Å². The Bertz CT molecular complexity index is 914. The van der Waals surface area contributed by atoms with Gasteiger partial charge in [-0.1, -0.05) is 120 Å². The Morgan fingerprint density at radius 1 is 0.423 bits per heavy atom. The molecule has 0 heterocycles. The first kappa shape index (κ1) is 17.0. The highest BCUT2D eigenvalue weighted by Crippen LogP contribution is 2.44. The predicted molar refractivity (Wildman–Crippen MR) is 116 cm³/mol. The van der Waals surface area contributed by atoms with Crippen molar-refractivity contribution in [2.75, 3.05) is 0 Å². The molecule has 0 fully saturated rings. The van der Waals surface area contributed by atoms with Crippen LogP contribution in [-0.4, -0.2) is 0 Å². The first-order valence-electron chi connectivity index (χ1n) is 8.59. The lowest BCUT2D eigenvalue weighted by molar-refractivity contribution is 1.64. The van der Waals surface area contributed by atoms with Crippen LogP contribution in [0.3, 0.4) is 0 Å². The van der Waals surface area contributed by atoms with Crippen molar-refractivity contribution in [1.29, 1.82) is 0 Å². The highest BCUT2D eigenvalue weighted by molar-refractivity contribution is 7.96. The standard InChI is InChI=1S/C24H18ClP/c25-26(23-17-9-7-15-21(23)19-11-3-1-4-12-19)24-18-10-8-16-22(24)20-13-5-2-6-14-20/h1-18H. The molecule has 4 aromatic rings. The summed E-state index contributed by atoms with van der Waals surface area (Å²) in [7, 11) is -0.987. The Balaban J connectivity index is 1.83. The molecule has 0 bridgehead atoms. The van der Waals surface area contributed by atoms with Crippen molar-refractivity contribution in [3.8, 4) is 22.3 Å². The van der Waals surface area contributed by atoms with E-state index >= 15 is 0 Å². The first-order valence-corrected chi connectivity index (χ1v) is 10.8. The van der Waals surface area contributed by atoms with Gasteiger partial charge in [0.25, 0.3) is 0 Å². The normalized spacial score (nSPS) is 10.8. The lowest BCUT2D eigenvalue weighted by atomic mass is 10.1. The van der Waals surface area contributed by atoms with Crippen LogP contribution in [0.5, 0.6) is 0 Å². The molecule has 4 aromatic carbocycles. The molecule has 0 spiro atoms. The maximum absolute atomic E-state index is 7.11. The fourth-order valence-corrected chi connectivity index (χ4v) is 5.55. The smallest absolute Gasteiger partial charge is 0.0536 e. The van der Waals surface area contributed by atoms with Gasteiger partial charge < -0.3 is 0 Å². The van der Waals surface area contributed by atoms with Gasteiger partial charge in [0.15, 0.2) is 0 Å². The molecule has 0 aromatic heterocycles. The van der Waals surface area contributed by atoms with E-state index in [-0.39, 0.29) is 0 Å². The minimum Gasteiger partial charge on any atom is -0.0858 e. The van der Waals surface area contributed by atoms with E-state index in [1.807, 2.05) is 12.1 Å². The summed E-state index contributed by atoms with van der Waals surface area (Å²) in [5.41, 5.74) is 4.82. The molecule has 0 radical (unpaired) electrons. The number of hydrogen-bond acceptors (Lipinski definition) is 0. The van der Waals surface area contributed by atoms with Crippen molar-refractivity contribution in [3.05, 3.63) is 109 Å². The van der Waals surface area contributed by atoms with E-state index in [1.54, 1.807) is 0 Å². The number of benzene rings is 4. The van der Waals surface area contributed by atoms with Crippen LogP contribution in [0, 0.1) is 0 Å². The van der Waals surface area contributed by atoms with Crippen molar-refractivity contribution in [2.45, 2.75) is 0 Å². The summed E-state index contributed by atoms with van der Waals surface area (Å²) in [6, 6.07) is 37.9. The molecule has 0 atom stereocenters. The van der Waals surface area contributed by atoms with E-state index < -0.39 is 7.27 Å². The quantitative estimate of drug-likeness (QED) is 0.354. The maximum Gasteiger partial charge on any atom is 0.0536 e. The van der Waals surface area contributed by atoms with Crippen molar-refractivity contribution < 1.29 is 0 Å². The van der Waals surface area contributed by atoms with Crippen molar-refractivity contribution >= 4 is 29.1 Å². The van der Waals surface area contributed by atoms with Crippen LogP contribution < -0.4 is 10.6 Å². The van der Waals surface area contributed by atoms with E-state index in [1.165, 1.54) is 32.9 Å². The Hall–Kier alpha value is -2.40. The molecule has 0 unspecified atom stereocenters. The molecule has 0 saturated carbocycles. The SMILES string of the molecule is ClP(c1ccccc1-c1ccccc1)c1ccccc1-c1ccccc1. The second-order valence-electron chi connectivity index (χ2n) is 6.05. The van der Waals surface area contributed by atoms with Crippen LogP contribution in [0.2, 0.25) is 0 Å². The average molecular weight is 373 g/mol. The Morgan fingerprint density at radius 2 is 0.769 bits per heavy atom. The van der Waals surface area contributed by atoms with Crippen LogP contribution in [0.1, 0.15) is 0 Å². The molecule has 0 aliphatic rings. The maximum atomic E-state index is 7.11. The molecule has 0 amide bonds. The molecule has 126 valence electrons. The topological polar surface area (TPSA) is 0 Å². The number of rotatable bonds is 4. The Labute approximate surface area is 160 Å². The van der Waals surface area contributed by atoms with Crippen LogP contribution in [0.15, 0.2) is 109 Å². The van der Waals surface area contributed by atoms with Crippen LogP contribution in [0.25, 0.3) is 22.3 Å². The van der Waals surface area contributed by atoms with E-state index in [9.17, 15) is 0 Å². The molecule has 0 aliphatic carbocycles. The van der Waals surface area contributed by atoms with Crippen molar-refractivity contribution in [2.24, 2.45) is 0 Å². The van der Waals surface area contributed by atoms with Gasteiger partial charge in [-0.2, -0.15) is 0 Å². The highest BCUT2D eigenvalue weighted by Gasteiger charge is 2.19. The van der Waals surface area contributed by atoms with E-state index in [2.05, 4.69) is 97.1 Å². The van der Waals surface area contributed by atoms with Gasteiger partial charge in [0, 0.05) is 10.6 Å². The molecule has 2 heteroatoms. The zero-order valence-corrected chi connectivity index (χ0v) is 15.9. The fraction of sp³-hybridized carbons (Fsp3) is 0. The summed E-state index contributed by atoms with van der Waals surface area (Å²) in [4.78, 5) is 0. The summed E-state index contributed by atoms with van der Waals surface area (Å²) >= 11 is 7.11. The molecular weight excluding hydrogens is 355 g/mol. The first-order chi connectivity index (χ1) is 12.8. The Kier molecular flexibility index (Phi) is 5.16. The second-order valence-corrected chi connectivity index (χ2v) is 8.59. The van der Waals surface area contributed by atoms with Crippen molar-refractivity contribution in [3.63, 3.8) is 0 Å². The van der Waals surface area contributed by atoms with Gasteiger partial charge in [0.1, 0.15) is 0 Å². The second kappa shape index (κ2) is 7.87. The predicted octanol–water partition coefficient (Wildman–Crippen LogP) is 6.61. The van der Waals surface area contributed by atoms with Gasteiger partial charge in [0.05, 0.1) is 7.27 Å². The van der Waals surface area contributed by atoms with Gasteiger partial charge in [0.2, 0.25) is 0 Å². The minimum absolute atomic E-state index is 0.987. The molecule has 26 heavy (non-hydrogen) atoms. The molecule has 0 saturated heterocycles. The van der Waals surface area contributed by atoms with Crippen molar-refractivity contribution in [1.82, 2.24) is 0 Å². The third kappa shape index (κ3) is 3.44. The Morgan fingerprint density at radius 3 is 1.19 bits per heavy atom. The molecule has 0 aliphatic heterocycles. The van der Waals surface area contributed by atoms with Gasteiger partial charge >= 0.3 is 0 Å². The zero-order valence-electron chi connectivity index (χ0n) is 14.2. The van der Waals surface area contributed by atoms with Gasteiger partial charge in [-0.15, -0.1) is 0 Å². The van der Waals surface area contributed by atoms with Crippen LogP contribution in [0.4, 0.5) is 0 Å². The average Bonchev–Trinajstić information content (AvgIpc) is 2.74. The number of hydrogen-bond donors (Lipinski definition) is 0. The molecule has 0 nitrogen and oxygen atoms in total. The highest BCUT2D eigenvalue weighted by atomic mass is 35.7. The van der Waals surface area contributed by atoms with Gasteiger partial charge in [-0.05, 0) is 22.3 Å². The largest absolute Gasteiger partial charge is 0.0858 e. The minimum atomic E-state index is -0.987. The number of halogens is 1. The van der Waals surface area contributed by atoms with Crippen LogP contribution >= 0.6 is 18.5 Å². The van der Waals surface area contributed by atoms with E-state index in [0.29, 0.717) is 0 Å². The summed E-state index contributed by atoms with van der Waals surface area (Å²) in [5, 5.41) is 2.39. The third-order valence-electron chi connectivity index (χ3n) is 4.40. The third-order valence-corrected chi connectivity index (χ3v) is 7.12. The molecule has 4 rings (SSSR count). The molecular formula is C24H18ClP. The van der Waals surface area contributed by atoms with Gasteiger partial charge in [-0.25, -0.2) is 0 Å². The summed E-state index contributed by atoms with van der Waals surface area (Å²) in [6.07, 6.45) is 0. The zero-order chi connectivity index (χ0) is 17.8. The lowest BCUT2D eigenvalue weighted by Gasteiger charge is -2.18. The lowest BCUT2D eigenvalue weighted by Crippen LogP contribution is -2.13. The van der Waals surface area contributed by atoms with E-state index in [0.717, 1.165) is 0 Å². The molecule has 0 N–H and O–H groups in total. The monoisotopic (exact) mass is 372 g/mol. The fourth-order valence-electron chi connectivity index (χ4n) is 3.14. The van der Waals surface area contributed by atoms with Crippen LogP contribution in [-0.2, 0) is 0 Å². The van der Waals surface area contributed by atoms with E-state index in [4.69, 9.17) is 11.2 Å². The summed E-state index contributed by atoms with van der Waals surface area (Å²) < 4.78 is 0. The summed E-state index contributed by atoms with van der Waals surface area (Å²) in [5.74, 6) is 0. The summed E-state index contributed by atoms with van der Waals surface area (Å²) in [6.45, 7) is 0.